The van der Waals surface area contributed by atoms with E-state index in [4.69, 9.17) is 0 Å². The maximum atomic E-state index is 14.1. The molecule has 7 heteroatoms. The Morgan fingerprint density at radius 3 is 2.89 bits per heavy atom. The van der Waals surface area contributed by atoms with E-state index in [0.29, 0.717) is 32.6 Å². The highest BCUT2D eigenvalue weighted by Gasteiger charge is 2.42. The number of halogens is 1. The molecule has 1 N–H and O–H groups in total. The molecule has 0 saturated carbocycles. The van der Waals surface area contributed by atoms with Crippen molar-refractivity contribution in [3.8, 4) is 0 Å². The van der Waals surface area contributed by atoms with E-state index in [1.165, 1.54) is 6.07 Å². The van der Waals surface area contributed by atoms with Crippen molar-refractivity contribution < 1.29 is 14.0 Å². The highest BCUT2D eigenvalue weighted by molar-refractivity contribution is 5.94. The van der Waals surface area contributed by atoms with Crippen LogP contribution in [0, 0.1) is 11.2 Å². The minimum Gasteiger partial charge on any atom is -0.348 e. The molecule has 2 aromatic rings. The molecule has 2 amide bonds. The number of aromatic amines is 1. The van der Waals surface area contributed by atoms with Gasteiger partial charge in [-0.15, -0.1) is 0 Å². The molecule has 2 aliphatic heterocycles. The number of nitrogens with zero attached hydrogens (tertiary/aromatic N) is 3. The zero-order valence-corrected chi connectivity index (χ0v) is 15.9. The van der Waals surface area contributed by atoms with Crippen LogP contribution in [0.15, 0.2) is 36.8 Å². The van der Waals surface area contributed by atoms with Gasteiger partial charge >= 0.3 is 0 Å². The summed E-state index contributed by atoms with van der Waals surface area (Å²) in [6.07, 6.45) is 7.31. The maximum Gasteiger partial charge on any atom is 0.256 e. The number of rotatable bonds is 4. The van der Waals surface area contributed by atoms with Crippen molar-refractivity contribution in [2.45, 2.75) is 32.1 Å². The number of nitrogens with one attached hydrogen (secondary N) is 1. The fourth-order valence-corrected chi connectivity index (χ4v) is 4.50. The lowest BCUT2D eigenvalue weighted by atomic mass is 9.73. The van der Waals surface area contributed by atoms with Crippen LogP contribution in [-0.4, -0.2) is 57.8 Å². The molecule has 3 heterocycles. The predicted octanol–water partition coefficient (Wildman–Crippen LogP) is 2.64. The number of carbonyl (C=O) groups is 2. The van der Waals surface area contributed by atoms with Gasteiger partial charge in [-0.25, -0.2) is 9.37 Å². The Morgan fingerprint density at radius 2 is 2.11 bits per heavy atom. The summed E-state index contributed by atoms with van der Waals surface area (Å²) >= 11 is 0. The number of hydrogen-bond donors (Lipinski definition) is 1. The van der Waals surface area contributed by atoms with Gasteiger partial charge in [0.05, 0.1) is 11.9 Å². The van der Waals surface area contributed by atoms with Crippen LogP contribution in [0.3, 0.4) is 0 Å². The maximum absolute atomic E-state index is 14.1. The molecule has 4 rings (SSSR count). The van der Waals surface area contributed by atoms with E-state index in [0.717, 1.165) is 31.4 Å². The number of likely N-dealkylation sites (tertiary alicyclic amines) is 2. The number of imidazole rings is 1. The molecular formula is C21H25FN4O2. The molecule has 1 atom stereocenters. The Bertz CT molecular complexity index is 854. The fraction of sp³-hybridized carbons (Fsp3) is 0.476. The molecule has 0 aliphatic carbocycles. The van der Waals surface area contributed by atoms with E-state index >= 15 is 0 Å². The Kier molecular flexibility index (Phi) is 5.15. The molecule has 0 unspecified atom stereocenters. The van der Waals surface area contributed by atoms with E-state index in [2.05, 4.69) is 9.97 Å². The van der Waals surface area contributed by atoms with Crippen LogP contribution >= 0.6 is 0 Å². The molecule has 1 spiro atoms. The number of aromatic nitrogens is 2. The van der Waals surface area contributed by atoms with E-state index < -0.39 is 5.82 Å². The van der Waals surface area contributed by atoms with Crippen LogP contribution in [0.2, 0.25) is 0 Å². The Labute approximate surface area is 163 Å². The Balaban J connectivity index is 1.45. The summed E-state index contributed by atoms with van der Waals surface area (Å²) in [5.74, 6) is -0.562. The second-order valence-electron chi connectivity index (χ2n) is 7.95. The summed E-state index contributed by atoms with van der Waals surface area (Å²) in [6, 6.07) is 6.14. The summed E-state index contributed by atoms with van der Waals surface area (Å²) in [4.78, 5) is 36.1. The van der Waals surface area contributed by atoms with Gasteiger partial charge in [0, 0.05) is 56.3 Å². The minimum absolute atomic E-state index is 0.0962. The molecule has 1 aromatic carbocycles. The number of H-pyrrole nitrogens is 1. The van der Waals surface area contributed by atoms with Crippen molar-refractivity contribution in [1.29, 1.82) is 0 Å². The lowest BCUT2D eigenvalue weighted by Gasteiger charge is -2.48. The van der Waals surface area contributed by atoms with Crippen LogP contribution in [0.1, 0.15) is 41.7 Å². The average Bonchev–Trinajstić information content (AvgIpc) is 3.23. The van der Waals surface area contributed by atoms with Crippen molar-refractivity contribution in [3.63, 3.8) is 0 Å². The SMILES string of the molecule is O=C1CC[C@@]2(CCCN(C(=O)c3ccccc3F)C2)CN1CCc1cnc[nH]1. The summed E-state index contributed by atoms with van der Waals surface area (Å²) in [5, 5.41) is 0. The molecule has 0 radical (unpaired) electrons. The van der Waals surface area contributed by atoms with E-state index in [1.54, 1.807) is 35.6 Å². The summed E-state index contributed by atoms with van der Waals surface area (Å²) in [5.41, 5.74) is 1.04. The van der Waals surface area contributed by atoms with Crippen molar-refractivity contribution in [1.82, 2.24) is 19.8 Å². The lowest BCUT2D eigenvalue weighted by Crippen LogP contribution is -2.55. The quantitative estimate of drug-likeness (QED) is 0.881. The second kappa shape index (κ2) is 7.73. The third kappa shape index (κ3) is 3.79. The van der Waals surface area contributed by atoms with Crippen LogP contribution in [0.4, 0.5) is 4.39 Å². The zero-order chi connectivity index (χ0) is 19.6. The van der Waals surface area contributed by atoms with E-state index in [-0.39, 0.29) is 22.8 Å². The van der Waals surface area contributed by atoms with Gasteiger partial charge in [-0.3, -0.25) is 9.59 Å². The van der Waals surface area contributed by atoms with Gasteiger partial charge < -0.3 is 14.8 Å². The van der Waals surface area contributed by atoms with E-state index in [1.807, 2.05) is 4.90 Å². The van der Waals surface area contributed by atoms with Gasteiger partial charge in [0.25, 0.3) is 5.91 Å². The van der Waals surface area contributed by atoms with Gasteiger partial charge in [0.2, 0.25) is 5.91 Å². The number of carbonyl (C=O) groups excluding carboxylic acids is 2. The van der Waals surface area contributed by atoms with Crippen molar-refractivity contribution >= 4 is 11.8 Å². The molecule has 2 aliphatic rings. The van der Waals surface area contributed by atoms with Crippen LogP contribution < -0.4 is 0 Å². The zero-order valence-electron chi connectivity index (χ0n) is 15.9. The normalized spacial score (nSPS) is 22.7. The lowest BCUT2D eigenvalue weighted by molar-refractivity contribution is -0.138. The highest BCUT2D eigenvalue weighted by Crippen LogP contribution is 2.39. The van der Waals surface area contributed by atoms with Crippen LogP contribution in [0.5, 0.6) is 0 Å². The molecule has 2 fully saturated rings. The standard InChI is InChI=1S/C21H25FN4O2/c22-18-5-2-1-4-17(18)20(28)26-10-3-8-21(14-26)9-6-19(27)25(13-21)11-7-16-12-23-15-24-16/h1-2,4-5,12,15H,3,6-11,13-14H2,(H,23,24)/t21-/m0/s1. The van der Waals surface area contributed by atoms with Crippen molar-refractivity contribution in [2.24, 2.45) is 5.41 Å². The van der Waals surface area contributed by atoms with Gasteiger partial charge in [-0.1, -0.05) is 12.1 Å². The number of amides is 2. The number of piperidine rings is 2. The fourth-order valence-electron chi connectivity index (χ4n) is 4.50. The Morgan fingerprint density at radius 1 is 1.25 bits per heavy atom. The van der Waals surface area contributed by atoms with Crippen LogP contribution in [0.25, 0.3) is 0 Å². The summed E-state index contributed by atoms with van der Waals surface area (Å²) < 4.78 is 14.1. The first kappa shape index (κ1) is 18.7. The number of hydrogen-bond acceptors (Lipinski definition) is 3. The highest BCUT2D eigenvalue weighted by atomic mass is 19.1. The molecule has 28 heavy (non-hydrogen) atoms. The van der Waals surface area contributed by atoms with Gasteiger partial charge in [-0.2, -0.15) is 0 Å². The van der Waals surface area contributed by atoms with Gasteiger partial charge in [-0.05, 0) is 31.4 Å². The van der Waals surface area contributed by atoms with Crippen molar-refractivity contribution in [3.05, 3.63) is 53.9 Å². The van der Waals surface area contributed by atoms with E-state index in [9.17, 15) is 14.0 Å². The van der Waals surface area contributed by atoms with Crippen molar-refractivity contribution in [2.75, 3.05) is 26.2 Å². The second-order valence-corrected chi connectivity index (χ2v) is 7.95. The van der Waals surface area contributed by atoms with Gasteiger partial charge in [0.1, 0.15) is 5.82 Å². The largest absolute Gasteiger partial charge is 0.348 e. The van der Waals surface area contributed by atoms with Crippen LogP contribution in [-0.2, 0) is 11.2 Å². The first-order valence-electron chi connectivity index (χ1n) is 9.85. The average molecular weight is 384 g/mol. The topological polar surface area (TPSA) is 69.3 Å². The summed E-state index contributed by atoms with van der Waals surface area (Å²) in [7, 11) is 0. The molecule has 1 aromatic heterocycles. The number of benzene rings is 1. The smallest absolute Gasteiger partial charge is 0.256 e. The first-order chi connectivity index (χ1) is 13.6. The Hall–Kier alpha value is -2.70. The third-order valence-corrected chi connectivity index (χ3v) is 6.01. The third-order valence-electron chi connectivity index (χ3n) is 6.01. The monoisotopic (exact) mass is 384 g/mol. The molecule has 6 nitrogen and oxygen atoms in total. The molecule has 2 saturated heterocycles. The first-order valence-corrected chi connectivity index (χ1v) is 9.85. The predicted molar refractivity (Wildman–Crippen MR) is 102 cm³/mol. The molecular weight excluding hydrogens is 359 g/mol. The minimum atomic E-state index is -0.480. The molecule has 0 bridgehead atoms. The molecule has 148 valence electrons. The van der Waals surface area contributed by atoms with Gasteiger partial charge in [0.15, 0.2) is 0 Å². The summed E-state index contributed by atoms with van der Waals surface area (Å²) in [6.45, 7) is 2.51.